The summed E-state index contributed by atoms with van der Waals surface area (Å²) in [6.07, 6.45) is 6.88. The quantitative estimate of drug-likeness (QED) is 0.699. The fraction of sp³-hybridized carbons (Fsp3) is 1.00. The molecule has 1 aliphatic rings. The number of nitrogens with zero attached hydrogens (tertiary/aromatic N) is 1. The van der Waals surface area contributed by atoms with Crippen molar-refractivity contribution in [3.05, 3.63) is 0 Å². The van der Waals surface area contributed by atoms with Crippen LogP contribution in [-0.2, 0) is 0 Å². The van der Waals surface area contributed by atoms with Crippen LogP contribution in [0.5, 0.6) is 0 Å². The van der Waals surface area contributed by atoms with Crippen molar-refractivity contribution >= 4 is 0 Å². The maximum Gasteiger partial charge on any atom is 0.0112 e. The summed E-state index contributed by atoms with van der Waals surface area (Å²) in [7, 11) is 0. The normalized spacial score (nSPS) is 24.3. The summed E-state index contributed by atoms with van der Waals surface area (Å²) < 4.78 is 0. The van der Waals surface area contributed by atoms with E-state index in [1.165, 1.54) is 38.6 Å². The Balaban J connectivity index is 2.27. The van der Waals surface area contributed by atoms with Crippen molar-refractivity contribution in [1.82, 2.24) is 10.2 Å². The Kier molecular flexibility index (Phi) is 7.70. The van der Waals surface area contributed by atoms with Gasteiger partial charge in [0, 0.05) is 31.2 Å². The molecule has 0 aromatic rings. The lowest BCUT2D eigenvalue weighted by Crippen LogP contribution is -2.44. The van der Waals surface area contributed by atoms with Gasteiger partial charge < -0.3 is 5.32 Å². The maximum absolute atomic E-state index is 3.81. The average molecular weight is 297 g/mol. The minimum atomic E-state index is 0.539. The minimum absolute atomic E-state index is 0.539. The molecule has 126 valence electrons. The van der Waals surface area contributed by atoms with Crippen LogP contribution in [0, 0.1) is 11.3 Å². The van der Waals surface area contributed by atoms with Crippen LogP contribution in [0.4, 0.5) is 0 Å². The van der Waals surface area contributed by atoms with Crippen LogP contribution in [0.2, 0.25) is 0 Å². The molecule has 0 aliphatic heterocycles. The third-order valence-electron chi connectivity index (χ3n) is 5.87. The number of hydrogen-bond donors (Lipinski definition) is 1. The summed E-state index contributed by atoms with van der Waals surface area (Å²) in [6, 6.07) is 2.05. The molecule has 0 aromatic heterocycles. The fourth-order valence-corrected chi connectivity index (χ4v) is 3.88. The lowest BCUT2D eigenvalue weighted by molar-refractivity contribution is 0.132. The number of rotatable bonds is 8. The third kappa shape index (κ3) is 5.90. The second-order valence-corrected chi connectivity index (χ2v) is 8.27. The van der Waals surface area contributed by atoms with Gasteiger partial charge in [-0.2, -0.15) is 0 Å². The van der Waals surface area contributed by atoms with Crippen molar-refractivity contribution in [2.75, 3.05) is 13.1 Å². The SMILES string of the molecule is CCC(C)(C)C1CCC(NCCN(C(C)C)C(C)C)CC1. The van der Waals surface area contributed by atoms with E-state index in [9.17, 15) is 0 Å². The lowest BCUT2D eigenvalue weighted by atomic mass is 9.69. The summed E-state index contributed by atoms with van der Waals surface area (Å²) in [5, 5.41) is 3.81. The molecule has 1 fully saturated rings. The van der Waals surface area contributed by atoms with Crippen LogP contribution >= 0.6 is 0 Å². The Hall–Kier alpha value is -0.0800. The molecule has 1 N–H and O–H groups in total. The molecule has 1 rings (SSSR count). The highest BCUT2D eigenvalue weighted by Gasteiger charge is 2.31. The highest BCUT2D eigenvalue weighted by molar-refractivity contribution is 4.85. The first-order chi connectivity index (χ1) is 9.77. The Bertz CT molecular complexity index is 267. The van der Waals surface area contributed by atoms with E-state index in [1.807, 2.05) is 0 Å². The van der Waals surface area contributed by atoms with E-state index in [-0.39, 0.29) is 0 Å². The Labute approximate surface area is 134 Å². The molecule has 0 heterocycles. The van der Waals surface area contributed by atoms with Gasteiger partial charge in [0.05, 0.1) is 0 Å². The van der Waals surface area contributed by atoms with Gasteiger partial charge >= 0.3 is 0 Å². The molecule has 2 heteroatoms. The Morgan fingerprint density at radius 1 is 1.00 bits per heavy atom. The third-order valence-corrected chi connectivity index (χ3v) is 5.87. The molecule has 0 saturated heterocycles. The van der Waals surface area contributed by atoms with Gasteiger partial charge in [0.2, 0.25) is 0 Å². The monoisotopic (exact) mass is 296 g/mol. The van der Waals surface area contributed by atoms with Crippen molar-refractivity contribution in [2.45, 2.75) is 98.7 Å². The van der Waals surface area contributed by atoms with E-state index in [4.69, 9.17) is 0 Å². The minimum Gasteiger partial charge on any atom is -0.313 e. The Morgan fingerprint density at radius 2 is 1.52 bits per heavy atom. The summed E-state index contributed by atoms with van der Waals surface area (Å²) >= 11 is 0. The second kappa shape index (κ2) is 8.53. The molecule has 1 saturated carbocycles. The van der Waals surface area contributed by atoms with Gasteiger partial charge in [-0.25, -0.2) is 0 Å². The largest absolute Gasteiger partial charge is 0.313 e. The van der Waals surface area contributed by atoms with E-state index in [2.05, 4.69) is 58.7 Å². The van der Waals surface area contributed by atoms with Crippen molar-refractivity contribution in [1.29, 1.82) is 0 Å². The molecule has 21 heavy (non-hydrogen) atoms. The van der Waals surface area contributed by atoms with Crippen LogP contribution < -0.4 is 5.32 Å². The topological polar surface area (TPSA) is 15.3 Å². The van der Waals surface area contributed by atoms with Gasteiger partial charge in [-0.1, -0.05) is 27.2 Å². The summed E-state index contributed by atoms with van der Waals surface area (Å²) in [6.45, 7) is 18.8. The van der Waals surface area contributed by atoms with E-state index >= 15 is 0 Å². The van der Waals surface area contributed by atoms with Crippen LogP contribution in [0.15, 0.2) is 0 Å². The molecule has 0 radical (unpaired) electrons. The zero-order valence-corrected chi connectivity index (χ0v) is 15.7. The molecule has 0 aromatic carbocycles. The standard InChI is InChI=1S/C19H40N2/c1-8-19(6,7)17-9-11-18(12-10-17)20-13-14-21(15(2)3)16(4)5/h15-18,20H,8-14H2,1-7H3. The van der Waals surface area contributed by atoms with E-state index < -0.39 is 0 Å². The molecule has 0 atom stereocenters. The van der Waals surface area contributed by atoms with E-state index in [0.717, 1.165) is 18.5 Å². The zero-order valence-electron chi connectivity index (χ0n) is 15.7. The van der Waals surface area contributed by atoms with Gasteiger partial charge in [-0.05, 0) is 64.7 Å². The molecule has 0 bridgehead atoms. The molecule has 2 nitrogen and oxygen atoms in total. The molecule has 0 spiro atoms. The predicted molar refractivity (Wildman–Crippen MR) is 94.8 cm³/mol. The number of hydrogen-bond acceptors (Lipinski definition) is 2. The van der Waals surface area contributed by atoms with E-state index in [0.29, 0.717) is 17.5 Å². The highest BCUT2D eigenvalue weighted by atomic mass is 15.2. The first-order valence-electron chi connectivity index (χ1n) is 9.27. The number of nitrogens with one attached hydrogen (secondary N) is 1. The van der Waals surface area contributed by atoms with Crippen LogP contribution in [0.1, 0.15) is 80.6 Å². The van der Waals surface area contributed by atoms with Gasteiger partial charge in [0.25, 0.3) is 0 Å². The van der Waals surface area contributed by atoms with Gasteiger partial charge in [0.1, 0.15) is 0 Å². The first kappa shape index (κ1) is 19.0. The van der Waals surface area contributed by atoms with Gasteiger partial charge in [-0.15, -0.1) is 0 Å². The first-order valence-corrected chi connectivity index (χ1v) is 9.27. The van der Waals surface area contributed by atoms with Crippen molar-refractivity contribution in [2.24, 2.45) is 11.3 Å². The average Bonchev–Trinajstić information content (AvgIpc) is 2.43. The van der Waals surface area contributed by atoms with Crippen LogP contribution in [0.25, 0.3) is 0 Å². The van der Waals surface area contributed by atoms with Crippen LogP contribution in [0.3, 0.4) is 0 Å². The highest BCUT2D eigenvalue weighted by Crippen LogP contribution is 2.40. The molecule has 1 aliphatic carbocycles. The Morgan fingerprint density at radius 3 is 1.95 bits per heavy atom. The summed E-state index contributed by atoms with van der Waals surface area (Å²) in [5.41, 5.74) is 0.539. The van der Waals surface area contributed by atoms with Crippen LogP contribution in [-0.4, -0.2) is 36.1 Å². The van der Waals surface area contributed by atoms with Crippen molar-refractivity contribution in [3.63, 3.8) is 0 Å². The molecule has 0 unspecified atom stereocenters. The van der Waals surface area contributed by atoms with Gasteiger partial charge in [0.15, 0.2) is 0 Å². The molecular weight excluding hydrogens is 256 g/mol. The van der Waals surface area contributed by atoms with Crippen molar-refractivity contribution in [3.8, 4) is 0 Å². The van der Waals surface area contributed by atoms with E-state index in [1.54, 1.807) is 0 Å². The fourth-order valence-electron chi connectivity index (χ4n) is 3.88. The smallest absolute Gasteiger partial charge is 0.0112 e. The van der Waals surface area contributed by atoms with Gasteiger partial charge in [-0.3, -0.25) is 4.90 Å². The summed E-state index contributed by atoms with van der Waals surface area (Å²) in [4.78, 5) is 2.58. The zero-order chi connectivity index (χ0) is 16.0. The van der Waals surface area contributed by atoms with Crippen molar-refractivity contribution < 1.29 is 0 Å². The second-order valence-electron chi connectivity index (χ2n) is 8.27. The molecular formula is C19H40N2. The molecule has 0 amide bonds. The summed E-state index contributed by atoms with van der Waals surface area (Å²) in [5.74, 6) is 0.934. The predicted octanol–water partition coefficient (Wildman–Crippen LogP) is 4.69. The lowest BCUT2D eigenvalue weighted by Gasteiger charge is -2.39. The maximum atomic E-state index is 3.81.